The molecule has 98 valence electrons. The van der Waals surface area contributed by atoms with E-state index in [4.69, 9.17) is 5.73 Å². The fraction of sp³-hybridized carbons (Fsp3) is 0.727. The molecule has 0 spiro atoms. The number of hydrogen-bond donors (Lipinski definition) is 1. The number of fused-ring (bicyclic) bond motifs is 1. The molecule has 1 aromatic rings. The number of nitrogens with zero attached hydrogens (tertiary/aromatic N) is 4. The van der Waals surface area contributed by atoms with Gasteiger partial charge < -0.3 is 10.6 Å². The van der Waals surface area contributed by atoms with Crippen molar-refractivity contribution in [3.8, 4) is 0 Å². The molecule has 0 saturated carbocycles. The molecule has 0 aliphatic carbocycles. The van der Waals surface area contributed by atoms with Crippen LogP contribution >= 0.6 is 0 Å². The Labute approximate surface area is 105 Å². The van der Waals surface area contributed by atoms with Crippen LogP contribution in [0.1, 0.15) is 31.7 Å². The Balaban J connectivity index is 1.81. The first-order valence-corrected chi connectivity index (χ1v) is 6.38. The SMILES string of the molecule is Nc1c([N+](=O)[O-])cnn1C1CCN2CCCC2C1. The van der Waals surface area contributed by atoms with Crippen molar-refractivity contribution >= 4 is 11.5 Å². The number of hydrogen-bond acceptors (Lipinski definition) is 5. The van der Waals surface area contributed by atoms with Gasteiger partial charge in [-0.1, -0.05) is 0 Å². The maximum absolute atomic E-state index is 10.8. The van der Waals surface area contributed by atoms with E-state index in [1.807, 2.05) is 0 Å². The smallest absolute Gasteiger partial charge is 0.330 e. The van der Waals surface area contributed by atoms with Gasteiger partial charge in [0.1, 0.15) is 6.20 Å². The van der Waals surface area contributed by atoms with Crippen LogP contribution in [0.25, 0.3) is 0 Å². The van der Waals surface area contributed by atoms with Gasteiger partial charge in [0, 0.05) is 12.6 Å². The number of nitrogen functional groups attached to an aromatic ring is 1. The van der Waals surface area contributed by atoms with Crippen molar-refractivity contribution in [2.75, 3.05) is 18.8 Å². The molecule has 2 unspecified atom stereocenters. The number of nitro groups is 1. The van der Waals surface area contributed by atoms with Gasteiger partial charge in [0.25, 0.3) is 0 Å². The first-order chi connectivity index (χ1) is 8.66. The highest BCUT2D eigenvalue weighted by Gasteiger charge is 2.34. The number of rotatable bonds is 2. The van der Waals surface area contributed by atoms with E-state index in [0.717, 1.165) is 19.4 Å². The molecule has 2 atom stereocenters. The Morgan fingerprint density at radius 3 is 2.94 bits per heavy atom. The van der Waals surface area contributed by atoms with Crippen molar-refractivity contribution in [3.05, 3.63) is 16.3 Å². The normalized spacial score (nSPS) is 28.2. The molecule has 1 aromatic heterocycles. The summed E-state index contributed by atoms with van der Waals surface area (Å²) in [6, 6.07) is 0.810. The van der Waals surface area contributed by atoms with E-state index in [1.54, 1.807) is 4.68 Å². The van der Waals surface area contributed by atoms with Crippen molar-refractivity contribution < 1.29 is 4.92 Å². The van der Waals surface area contributed by atoms with Crippen LogP contribution in [0.4, 0.5) is 11.5 Å². The Hall–Kier alpha value is -1.63. The zero-order chi connectivity index (χ0) is 12.7. The van der Waals surface area contributed by atoms with Crippen molar-refractivity contribution in [1.82, 2.24) is 14.7 Å². The monoisotopic (exact) mass is 251 g/mol. The minimum absolute atomic E-state index is 0.0798. The lowest BCUT2D eigenvalue weighted by Crippen LogP contribution is -2.39. The van der Waals surface area contributed by atoms with Gasteiger partial charge in [-0.05, 0) is 32.2 Å². The molecule has 0 radical (unpaired) electrons. The van der Waals surface area contributed by atoms with Gasteiger partial charge in [0.2, 0.25) is 5.82 Å². The summed E-state index contributed by atoms with van der Waals surface area (Å²) in [5, 5.41) is 14.9. The van der Waals surface area contributed by atoms with Crippen LogP contribution in [0.2, 0.25) is 0 Å². The van der Waals surface area contributed by atoms with Crippen LogP contribution in [-0.4, -0.2) is 38.7 Å². The second-order valence-corrected chi connectivity index (χ2v) is 5.13. The van der Waals surface area contributed by atoms with Gasteiger partial charge >= 0.3 is 5.69 Å². The summed E-state index contributed by atoms with van der Waals surface area (Å²) in [6.45, 7) is 2.23. The second-order valence-electron chi connectivity index (χ2n) is 5.13. The molecule has 0 bridgehead atoms. The largest absolute Gasteiger partial charge is 0.378 e. The molecular formula is C11H17N5O2. The average Bonchev–Trinajstić information content (AvgIpc) is 2.93. The minimum atomic E-state index is -0.469. The van der Waals surface area contributed by atoms with E-state index in [-0.39, 0.29) is 17.5 Å². The number of anilines is 1. The molecule has 3 heterocycles. The van der Waals surface area contributed by atoms with Crippen LogP contribution in [0, 0.1) is 10.1 Å². The van der Waals surface area contributed by atoms with E-state index < -0.39 is 4.92 Å². The van der Waals surface area contributed by atoms with Gasteiger partial charge in [-0.25, -0.2) is 4.68 Å². The van der Waals surface area contributed by atoms with Crippen molar-refractivity contribution in [2.45, 2.75) is 37.8 Å². The quantitative estimate of drug-likeness (QED) is 0.629. The van der Waals surface area contributed by atoms with E-state index >= 15 is 0 Å². The summed E-state index contributed by atoms with van der Waals surface area (Å²) < 4.78 is 1.65. The molecule has 2 N–H and O–H groups in total. The molecular weight excluding hydrogens is 234 g/mol. The fourth-order valence-electron chi connectivity index (χ4n) is 3.22. The van der Waals surface area contributed by atoms with E-state index in [2.05, 4.69) is 10.00 Å². The number of piperidine rings is 1. The highest BCUT2D eigenvalue weighted by atomic mass is 16.6. The van der Waals surface area contributed by atoms with E-state index in [1.165, 1.54) is 25.6 Å². The maximum Gasteiger partial charge on any atom is 0.330 e. The highest BCUT2D eigenvalue weighted by molar-refractivity contribution is 5.51. The lowest BCUT2D eigenvalue weighted by atomic mass is 9.98. The highest BCUT2D eigenvalue weighted by Crippen LogP contribution is 2.35. The van der Waals surface area contributed by atoms with Gasteiger partial charge in [0.15, 0.2) is 0 Å². The fourth-order valence-corrected chi connectivity index (χ4v) is 3.22. The summed E-state index contributed by atoms with van der Waals surface area (Å²) in [5.74, 6) is 0.191. The number of nitrogens with two attached hydrogens (primary N) is 1. The number of aromatic nitrogens is 2. The third kappa shape index (κ3) is 1.74. The van der Waals surface area contributed by atoms with Crippen molar-refractivity contribution in [3.63, 3.8) is 0 Å². The summed E-state index contributed by atoms with van der Waals surface area (Å²) >= 11 is 0. The molecule has 2 aliphatic rings. The molecule has 7 heteroatoms. The molecule has 2 saturated heterocycles. The molecule has 2 fully saturated rings. The van der Waals surface area contributed by atoms with Crippen LogP contribution in [-0.2, 0) is 0 Å². The van der Waals surface area contributed by atoms with Gasteiger partial charge in [-0.15, -0.1) is 0 Å². The Kier molecular flexibility index (Phi) is 2.70. The lowest BCUT2D eigenvalue weighted by molar-refractivity contribution is -0.384. The predicted octanol–water partition coefficient (Wildman–Crippen LogP) is 1.17. The third-order valence-electron chi connectivity index (χ3n) is 4.15. The summed E-state index contributed by atoms with van der Waals surface area (Å²) in [5.41, 5.74) is 5.74. The van der Waals surface area contributed by atoms with Gasteiger partial charge in [-0.3, -0.25) is 10.1 Å². The molecule has 7 nitrogen and oxygen atoms in total. The van der Waals surface area contributed by atoms with E-state index in [0.29, 0.717) is 6.04 Å². The topological polar surface area (TPSA) is 90.2 Å². The Morgan fingerprint density at radius 1 is 1.39 bits per heavy atom. The van der Waals surface area contributed by atoms with Crippen molar-refractivity contribution in [1.29, 1.82) is 0 Å². The standard InChI is InChI=1S/C11H17N5O2/c12-11-10(16(17)18)7-13-15(11)9-3-5-14-4-1-2-8(14)6-9/h7-9H,1-6,12H2. The zero-order valence-corrected chi connectivity index (χ0v) is 10.2. The summed E-state index contributed by atoms with van der Waals surface area (Å²) in [7, 11) is 0. The van der Waals surface area contributed by atoms with Crippen molar-refractivity contribution in [2.24, 2.45) is 0 Å². The third-order valence-corrected chi connectivity index (χ3v) is 4.15. The molecule has 0 aromatic carbocycles. The van der Waals surface area contributed by atoms with Crippen LogP contribution in [0.5, 0.6) is 0 Å². The average molecular weight is 251 g/mol. The van der Waals surface area contributed by atoms with Gasteiger partial charge in [-0.2, -0.15) is 5.10 Å². The minimum Gasteiger partial charge on any atom is -0.378 e. The molecule has 0 amide bonds. The summed E-state index contributed by atoms with van der Waals surface area (Å²) in [6.07, 6.45) is 5.71. The Bertz CT molecular complexity index is 472. The lowest BCUT2D eigenvalue weighted by Gasteiger charge is -2.34. The predicted molar refractivity (Wildman–Crippen MR) is 66.2 cm³/mol. The molecule has 2 aliphatic heterocycles. The first-order valence-electron chi connectivity index (χ1n) is 6.38. The first kappa shape index (κ1) is 11.5. The summed E-state index contributed by atoms with van der Waals surface area (Å²) in [4.78, 5) is 12.8. The second kappa shape index (κ2) is 4.24. The zero-order valence-electron chi connectivity index (χ0n) is 10.2. The molecule has 18 heavy (non-hydrogen) atoms. The van der Waals surface area contributed by atoms with Crippen LogP contribution in [0.3, 0.4) is 0 Å². The van der Waals surface area contributed by atoms with Crippen LogP contribution < -0.4 is 5.73 Å². The molecule has 3 rings (SSSR count). The van der Waals surface area contributed by atoms with E-state index in [9.17, 15) is 10.1 Å². The van der Waals surface area contributed by atoms with Gasteiger partial charge in [0.05, 0.1) is 11.0 Å². The van der Waals surface area contributed by atoms with Crippen LogP contribution in [0.15, 0.2) is 6.20 Å². The maximum atomic E-state index is 10.8. The Morgan fingerprint density at radius 2 is 2.22 bits per heavy atom.